The van der Waals surface area contributed by atoms with Crippen LogP contribution in [-0.4, -0.2) is 55.6 Å². The fraction of sp³-hybridized carbons (Fsp3) is 0.364. The number of nitrogens with zero attached hydrogens (tertiary/aromatic N) is 2. The zero-order chi connectivity index (χ0) is 25.5. The van der Waals surface area contributed by atoms with Crippen molar-refractivity contribution in [3.05, 3.63) is 56.3 Å². The number of nitrogens with two attached hydrogens (primary N) is 1. The summed E-state index contributed by atoms with van der Waals surface area (Å²) < 4.78 is 20.8. The monoisotopic (exact) mass is 525 g/mol. The number of benzene rings is 1. The van der Waals surface area contributed by atoms with Crippen LogP contribution in [0.2, 0.25) is 10.0 Å². The second-order valence-corrected chi connectivity index (χ2v) is 8.06. The molecule has 1 atom stereocenters. The summed E-state index contributed by atoms with van der Waals surface area (Å²) in [6, 6.07) is 4.94. The van der Waals surface area contributed by atoms with Crippen LogP contribution >= 0.6 is 23.2 Å². The van der Waals surface area contributed by atoms with Crippen LogP contribution in [0.5, 0.6) is 0 Å². The number of allylic oxidation sites excluding steroid dienone is 1. The van der Waals surface area contributed by atoms with Crippen LogP contribution in [0.1, 0.15) is 25.3 Å². The van der Waals surface area contributed by atoms with Crippen molar-refractivity contribution in [2.24, 2.45) is 0 Å². The number of methoxy groups -OCH3 is 1. The molecule has 1 aromatic heterocycles. The van der Waals surface area contributed by atoms with Gasteiger partial charge in [-0.15, -0.1) is 0 Å². The molecule has 4 N–H and O–H groups in total. The Hall–Kier alpha value is -3.28. The molecule has 0 aliphatic carbocycles. The van der Waals surface area contributed by atoms with Gasteiger partial charge < -0.3 is 35.1 Å². The number of halogens is 2. The number of aromatic nitrogens is 2. The fourth-order valence-corrected chi connectivity index (χ4v) is 4.03. The van der Waals surface area contributed by atoms with E-state index in [1.807, 2.05) is 0 Å². The van der Waals surface area contributed by atoms with Gasteiger partial charge in [-0.05, 0) is 30.6 Å². The van der Waals surface area contributed by atoms with Gasteiger partial charge in [0, 0.05) is 12.2 Å². The Morgan fingerprint density at radius 3 is 2.69 bits per heavy atom. The molecule has 2 heterocycles. The minimum Gasteiger partial charge on any atom is -0.466 e. The molecule has 11 nitrogen and oxygen atoms in total. The lowest BCUT2D eigenvalue weighted by Crippen LogP contribution is -2.35. The molecule has 35 heavy (non-hydrogen) atoms. The lowest BCUT2D eigenvalue weighted by atomic mass is 9.80. The molecule has 188 valence electrons. The molecule has 0 spiro atoms. The number of anilines is 2. The summed E-state index contributed by atoms with van der Waals surface area (Å²) in [5.41, 5.74) is 7.11. The van der Waals surface area contributed by atoms with Gasteiger partial charge in [-0.25, -0.2) is 9.59 Å². The highest BCUT2D eigenvalue weighted by molar-refractivity contribution is 6.42. The maximum Gasteiger partial charge on any atom is 0.336 e. The van der Waals surface area contributed by atoms with Gasteiger partial charge in [-0.3, -0.25) is 0 Å². The van der Waals surface area contributed by atoms with E-state index in [9.17, 15) is 9.59 Å². The lowest BCUT2D eigenvalue weighted by Gasteiger charge is -2.31. The Morgan fingerprint density at radius 2 is 2.03 bits per heavy atom. The van der Waals surface area contributed by atoms with E-state index in [0.717, 1.165) is 0 Å². The minimum atomic E-state index is -0.895. The molecule has 0 saturated carbocycles. The third-order valence-electron chi connectivity index (χ3n) is 5.06. The molecule has 1 unspecified atom stereocenters. The van der Waals surface area contributed by atoms with Crippen LogP contribution in [0.15, 0.2) is 45.3 Å². The molecular weight excluding hydrogens is 501 g/mol. The van der Waals surface area contributed by atoms with Crippen LogP contribution < -0.4 is 16.4 Å². The zero-order valence-corrected chi connectivity index (χ0v) is 20.8. The van der Waals surface area contributed by atoms with Crippen LogP contribution in [0.4, 0.5) is 12.0 Å². The van der Waals surface area contributed by atoms with Gasteiger partial charge in [0.2, 0.25) is 0 Å². The number of carbonyl (C=O) groups excluding carboxylic acids is 2. The van der Waals surface area contributed by atoms with Crippen molar-refractivity contribution in [2.75, 3.05) is 44.5 Å². The van der Waals surface area contributed by atoms with Gasteiger partial charge in [0.15, 0.2) is 0 Å². The highest BCUT2D eigenvalue weighted by Gasteiger charge is 2.40. The Morgan fingerprint density at radius 1 is 1.26 bits per heavy atom. The van der Waals surface area contributed by atoms with Crippen LogP contribution in [0, 0.1) is 0 Å². The first-order chi connectivity index (χ1) is 16.8. The topological polar surface area (TPSA) is 151 Å². The maximum atomic E-state index is 13.2. The molecule has 1 aliphatic rings. The van der Waals surface area contributed by atoms with E-state index >= 15 is 0 Å². The number of nitrogens with one attached hydrogen (secondary N) is 2. The van der Waals surface area contributed by atoms with Crippen molar-refractivity contribution in [1.82, 2.24) is 15.5 Å². The van der Waals surface area contributed by atoms with E-state index in [4.69, 9.17) is 43.1 Å². The van der Waals surface area contributed by atoms with Crippen molar-refractivity contribution < 1.29 is 28.3 Å². The predicted octanol–water partition coefficient (Wildman–Crippen LogP) is 3.04. The number of dihydropyridines is 1. The second kappa shape index (κ2) is 11.9. The predicted molar refractivity (Wildman–Crippen MR) is 129 cm³/mol. The quantitative estimate of drug-likeness (QED) is 0.310. The van der Waals surface area contributed by atoms with Crippen LogP contribution in [-0.2, 0) is 23.8 Å². The fourth-order valence-electron chi connectivity index (χ4n) is 3.61. The van der Waals surface area contributed by atoms with Gasteiger partial charge in [0.25, 0.3) is 5.95 Å². The number of hydrogen-bond donors (Lipinski definition) is 3. The van der Waals surface area contributed by atoms with Crippen molar-refractivity contribution in [1.29, 1.82) is 0 Å². The summed E-state index contributed by atoms with van der Waals surface area (Å²) in [6.45, 7) is 4.08. The summed E-state index contributed by atoms with van der Waals surface area (Å²) in [4.78, 5) is 29.8. The number of carbonyl (C=O) groups is 2. The largest absolute Gasteiger partial charge is 0.466 e. The highest BCUT2D eigenvalue weighted by Crippen LogP contribution is 2.43. The van der Waals surface area contributed by atoms with Crippen LogP contribution in [0.25, 0.3) is 0 Å². The molecule has 0 amide bonds. The SMILES string of the molecule is CCOC(=O)C1=C(COCCNc2noc(N)n2)NC(C)=C(C(=O)OC)C1c1cccc(Cl)c1Cl. The molecule has 1 aromatic carbocycles. The van der Waals surface area contributed by atoms with Crippen molar-refractivity contribution in [2.45, 2.75) is 19.8 Å². The molecule has 13 heteroatoms. The van der Waals surface area contributed by atoms with Crippen LogP contribution in [0.3, 0.4) is 0 Å². The molecule has 1 aliphatic heterocycles. The molecular formula is C22H25Cl2N5O6. The maximum absolute atomic E-state index is 13.2. The summed E-state index contributed by atoms with van der Waals surface area (Å²) in [6.07, 6.45) is 0. The third-order valence-corrected chi connectivity index (χ3v) is 5.89. The van der Waals surface area contributed by atoms with E-state index in [1.54, 1.807) is 32.0 Å². The standard InChI is InChI=1S/C22H25Cl2N5O6/c1-4-34-20(31)17-14(10-33-9-8-26-22-28-21(25)35-29-22)27-11(2)15(19(30)32-3)16(17)12-6-5-7-13(23)18(12)24/h5-7,16,27H,4,8-10H2,1-3H3,(H3,25,26,28,29). The Bertz CT molecular complexity index is 1160. The third kappa shape index (κ3) is 6.05. The number of hydrogen-bond acceptors (Lipinski definition) is 11. The first-order valence-electron chi connectivity index (χ1n) is 10.6. The average Bonchev–Trinajstić information content (AvgIpc) is 3.24. The lowest BCUT2D eigenvalue weighted by molar-refractivity contribution is -0.139. The van der Waals surface area contributed by atoms with E-state index < -0.39 is 17.9 Å². The summed E-state index contributed by atoms with van der Waals surface area (Å²) in [5, 5.41) is 10.1. The van der Waals surface area contributed by atoms with Gasteiger partial charge in [-0.2, -0.15) is 4.98 Å². The van der Waals surface area contributed by atoms with Gasteiger partial charge in [0.1, 0.15) is 0 Å². The van der Waals surface area contributed by atoms with Gasteiger partial charge in [-0.1, -0.05) is 35.3 Å². The average molecular weight is 526 g/mol. The van der Waals surface area contributed by atoms with E-state index in [-0.39, 0.29) is 53.0 Å². The number of esters is 2. The Kier molecular flexibility index (Phi) is 8.96. The first kappa shape index (κ1) is 26.3. The second-order valence-electron chi connectivity index (χ2n) is 7.28. The number of nitrogen functional groups attached to an aromatic ring is 1. The molecule has 0 bridgehead atoms. The van der Waals surface area contributed by atoms with Crippen molar-refractivity contribution >= 4 is 47.1 Å². The van der Waals surface area contributed by atoms with Crippen molar-refractivity contribution in [3.63, 3.8) is 0 Å². The van der Waals surface area contributed by atoms with E-state index in [2.05, 4.69) is 25.3 Å². The molecule has 0 saturated heterocycles. The smallest absolute Gasteiger partial charge is 0.336 e. The highest BCUT2D eigenvalue weighted by atomic mass is 35.5. The summed E-state index contributed by atoms with van der Waals surface area (Å²) in [7, 11) is 1.26. The zero-order valence-electron chi connectivity index (χ0n) is 19.3. The van der Waals surface area contributed by atoms with E-state index in [0.29, 0.717) is 23.5 Å². The first-order valence-corrected chi connectivity index (χ1v) is 11.3. The van der Waals surface area contributed by atoms with E-state index in [1.165, 1.54) is 7.11 Å². The number of rotatable bonds is 10. The minimum absolute atomic E-state index is 0.00465. The molecule has 0 fully saturated rings. The summed E-state index contributed by atoms with van der Waals surface area (Å²) >= 11 is 12.8. The van der Waals surface area contributed by atoms with Crippen molar-refractivity contribution in [3.8, 4) is 0 Å². The molecule has 0 radical (unpaired) electrons. The Balaban J connectivity index is 1.94. The molecule has 3 rings (SSSR count). The Labute approximate surface area is 211 Å². The van der Waals surface area contributed by atoms with Gasteiger partial charge in [0.05, 0.1) is 59.7 Å². The number of ether oxygens (including phenoxy) is 3. The molecule has 2 aromatic rings. The summed E-state index contributed by atoms with van der Waals surface area (Å²) in [5.74, 6) is -1.92. The van der Waals surface area contributed by atoms with Gasteiger partial charge >= 0.3 is 18.0 Å². The normalized spacial score (nSPS) is 15.6.